The van der Waals surface area contributed by atoms with E-state index in [4.69, 9.17) is 8.83 Å². The second kappa shape index (κ2) is 9.84. The van der Waals surface area contributed by atoms with E-state index in [1.165, 1.54) is 29.0 Å². The summed E-state index contributed by atoms with van der Waals surface area (Å²) >= 11 is 0. The van der Waals surface area contributed by atoms with Gasteiger partial charge in [-0.1, -0.05) is 6.07 Å². The molecule has 1 saturated heterocycles. The van der Waals surface area contributed by atoms with Crippen molar-refractivity contribution < 1.29 is 26.4 Å². The first-order valence-corrected chi connectivity index (χ1v) is 12.4. The molecular weight excluding hydrogens is 518 g/mol. The molecule has 5 aromatic rings. The number of hydrogen-bond donors (Lipinski definition) is 0. The van der Waals surface area contributed by atoms with Gasteiger partial charge in [0, 0.05) is 23.2 Å². The van der Waals surface area contributed by atoms with Crippen molar-refractivity contribution >= 4 is 11.0 Å². The Morgan fingerprint density at radius 2 is 1.82 bits per heavy atom. The monoisotopic (exact) mass is 541 g/mol. The minimum atomic E-state index is -2.95. The van der Waals surface area contributed by atoms with E-state index < -0.39 is 24.0 Å². The Kier molecular flexibility index (Phi) is 6.34. The summed E-state index contributed by atoms with van der Waals surface area (Å²) in [5.41, 5.74) is 0.971. The zero-order valence-corrected chi connectivity index (χ0v) is 20.8. The Balaban J connectivity index is 1.43. The van der Waals surface area contributed by atoms with Crippen molar-refractivity contribution in [2.75, 3.05) is 20.1 Å². The first-order chi connectivity index (χ1) is 18.8. The number of nitrogens with zero attached hydrogens (tertiary/aromatic N) is 5. The third-order valence-corrected chi connectivity index (χ3v) is 7.15. The molecular formula is C27H23F4N5O3. The first kappa shape index (κ1) is 25.1. The van der Waals surface area contributed by atoms with Crippen molar-refractivity contribution in [3.63, 3.8) is 0 Å². The number of furan rings is 1. The van der Waals surface area contributed by atoms with Crippen LogP contribution in [0.4, 0.5) is 17.6 Å². The van der Waals surface area contributed by atoms with E-state index in [0.29, 0.717) is 16.8 Å². The Labute approximate surface area is 219 Å². The predicted molar refractivity (Wildman–Crippen MR) is 133 cm³/mol. The number of halogens is 4. The van der Waals surface area contributed by atoms with Crippen LogP contribution < -0.4 is 5.69 Å². The second-order valence-electron chi connectivity index (χ2n) is 9.62. The lowest BCUT2D eigenvalue weighted by Gasteiger charge is -2.29. The van der Waals surface area contributed by atoms with Crippen molar-refractivity contribution in [3.05, 3.63) is 82.3 Å². The highest BCUT2D eigenvalue weighted by atomic mass is 19.3. The van der Waals surface area contributed by atoms with E-state index >= 15 is 8.78 Å². The molecule has 0 radical (unpaired) electrons. The number of aromatic nitrogens is 4. The fraction of sp³-hybridized carbons (Fsp3) is 0.296. The van der Waals surface area contributed by atoms with Gasteiger partial charge in [-0.25, -0.2) is 13.6 Å². The Morgan fingerprint density at radius 3 is 2.49 bits per heavy atom. The molecule has 12 heteroatoms. The highest BCUT2D eigenvalue weighted by molar-refractivity contribution is 5.82. The van der Waals surface area contributed by atoms with E-state index in [-0.39, 0.29) is 40.9 Å². The number of benzene rings is 2. The van der Waals surface area contributed by atoms with Crippen LogP contribution in [-0.4, -0.2) is 44.4 Å². The summed E-state index contributed by atoms with van der Waals surface area (Å²) in [4.78, 5) is 16.0. The van der Waals surface area contributed by atoms with Crippen LogP contribution in [0.5, 0.6) is 0 Å². The Morgan fingerprint density at radius 1 is 1.03 bits per heavy atom. The first-order valence-electron chi connectivity index (χ1n) is 12.4. The SMILES string of the molecule is CN1CCC(n2c(=O)n(Cc3ccc(-c4nnc(C(F)F)o4)cc3F)c3cc(F)c(-c4ccco4)cc32)CC1. The summed E-state index contributed by atoms with van der Waals surface area (Å²) in [6.45, 7) is 1.43. The summed E-state index contributed by atoms with van der Waals surface area (Å²) < 4.78 is 69.4. The van der Waals surface area contributed by atoms with Crippen molar-refractivity contribution in [3.8, 4) is 22.8 Å². The average molecular weight is 542 g/mol. The maximum Gasteiger partial charge on any atom is 0.329 e. The molecule has 0 unspecified atom stereocenters. The third-order valence-electron chi connectivity index (χ3n) is 7.15. The smallest absolute Gasteiger partial charge is 0.329 e. The van der Waals surface area contributed by atoms with Crippen LogP contribution in [0, 0.1) is 11.6 Å². The van der Waals surface area contributed by atoms with Gasteiger partial charge in [0.2, 0.25) is 5.89 Å². The van der Waals surface area contributed by atoms with Gasteiger partial charge in [-0.15, -0.1) is 10.2 Å². The third kappa shape index (κ3) is 4.54. The van der Waals surface area contributed by atoms with E-state index in [9.17, 15) is 13.6 Å². The maximum atomic E-state index is 15.3. The highest BCUT2D eigenvalue weighted by Gasteiger charge is 2.26. The largest absolute Gasteiger partial charge is 0.464 e. The molecule has 39 heavy (non-hydrogen) atoms. The number of piperidine rings is 1. The average Bonchev–Trinajstić information content (AvgIpc) is 3.67. The van der Waals surface area contributed by atoms with Crippen molar-refractivity contribution in [1.29, 1.82) is 0 Å². The van der Waals surface area contributed by atoms with Crippen LogP contribution in [0.2, 0.25) is 0 Å². The molecule has 0 spiro atoms. The lowest BCUT2D eigenvalue weighted by atomic mass is 10.0. The number of fused-ring (bicyclic) bond motifs is 1. The van der Waals surface area contributed by atoms with Gasteiger partial charge in [-0.3, -0.25) is 9.13 Å². The minimum Gasteiger partial charge on any atom is -0.464 e. The van der Waals surface area contributed by atoms with Crippen molar-refractivity contribution in [1.82, 2.24) is 24.2 Å². The molecule has 1 aliphatic heterocycles. The normalized spacial score (nSPS) is 15.1. The Bertz CT molecular complexity index is 1700. The van der Waals surface area contributed by atoms with Gasteiger partial charge < -0.3 is 13.7 Å². The fourth-order valence-corrected chi connectivity index (χ4v) is 5.09. The number of likely N-dealkylation sites (tertiary alicyclic amines) is 1. The minimum absolute atomic E-state index is 0.110. The van der Waals surface area contributed by atoms with E-state index in [1.807, 2.05) is 7.05 Å². The number of hydrogen-bond acceptors (Lipinski definition) is 6. The quantitative estimate of drug-likeness (QED) is 0.259. The Hall–Kier alpha value is -4.19. The molecule has 2 aromatic carbocycles. The molecule has 0 aliphatic carbocycles. The maximum absolute atomic E-state index is 15.3. The molecule has 0 saturated carbocycles. The van der Waals surface area contributed by atoms with E-state index in [0.717, 1.165) is 32.0 Å². The van der Waals surface area contributed by atoms with Crippen LogP contribution in [0.1, 0.15) is 36.8 Å². The van der Waals surface area contributed by atoms with Crippen molar-refractivity contribution in [2.24, 2.45) is 0 Å². The predicted octanol–water partition coefficient (Wildman–Crippen LogP) is 5.64. The molecule has 3 aromatic heterocycles. The molecule has 4 heterocycles. The summed E-state index contributed by atoms with van der Waals surface area (Å²) in [5, 5.41) is 6.80. The number of imidazole rings is 1. The zero-order chi connectivity index (χ0) is 27.3. The van der Waals surface area contributed by atoms with Gasteiger partial charge >= 0.3 is 12.1 Å². The highest BCUT2D eigenvalue weighted by Crippen LogP contribution is 2.32. The van der Waals surface area contributed by atoms with Crippen LogP contribution in [0.25, 0.3) is 33.8 Å². The van der Waals surface area contributed by atoms with Gasteiger partial charge in [0.05, 0.1) is 29.4 Å². The van der Waals surface area contributed by atoms with Crippen LogP contribution in [0.15, 0.2) is 62.4 Å². The topological polar surface area (TPSA) is 82.2 Å². The molecule has 1 fully saturated rings. The van der Waals surface area contributed by atoms with Gasteiger partial charge in [0.25, 0.3) is 5.89 Å². The summed E-state index contributed by atoms with van der Waals surface area (Å²) in [5.74, 6) is -2.06. The van der Waals surface area contributed by atoms with Gasteiger partial charge in [0.15, 0.2) is 0 Å². The van der Waals surface area contributed by atoms with E-state index in [2.05, 4.69) is 15.1 Å². The molecule has 0 bridgehead atoms. The fourth-order valence-electron chi connectivity index (χ4n) is 5.09. The van der Waals surface area contributed by atoms with Crippen molar-refractivity contribution in [2.45, 2.75) is 31.9 Å². The second-order valence-corrected chi connectivity index (χ2v) is 9.62. The van der Waals surface area contributed by atoms with Gasteiger partial charge in [0.1, 0.15) is 17.4 Å². The summed E-state index contributed by atoms with van der Waals surface area (Å²) in [6, 6.07) is 10.0. The molecule has 0 amide bonds. The standard InChI is InChI=1S/C27H23F4N5O3/c1-34-8-6-17(7-9-34)36-22-12-18(23-3-2-10-38-23)20(29)13-21(22)35(27(36)37)14-16-5-4-15(11-19(16)28)25-32-33-26(39-25)24(30)31/h2-5,10-13,17,24H,6-9,14H2,1H3. The van der Waals surface area contributed by atoms with Gasteiger partial charge in [-0.2, -0.15) is 8.78 Å². The molecule has 8 nitrogen and oxygen atoms in total. The number of rotatable bonds is 6. The lowest BCUT2D eigenvalue weighted by molar-refractivity contribution is 0.116. The van der Waals surface area contributed by atoms with Crippen LogP contribution in [-0.2, 0) is 6.54 Å². The molecule has 1 aliphatic rings. The molecule has 0 atom stereocenters. The molecule has 0 N–H and O–H groups in total. The zero-order valence-electron chi connectivity index (χ0n) is 20.8. The number of alkyl halides is 2. The lowest BCUT2D eigenvalue weighted by Crippen LogP contribution is -2.36. The summed E-state index contributed by atoms with van der Waals surface area (Å²) in [7, 11) is 2.02. The van der Waals surface area contributed by atoms with Crippen LogP contribution in [0.3, 0.4) is 0 Å². The van der Waals surface area contributed by atoms with Crippen LogP contribution >= 0.6 is 0 Å². The van der Waals surface area contributed by atoms with E-state index in [1.54, 1.807) is 22.8 Å². The molecule has 6 rings (SSSR count). The summed E-state index contributed by atoms with van der Waals surface area (Å²) in [6.07, 6.45) is -0.0329. The van der Waals surface area contributed by atoms with Gasteiger partial charge in [-0.05, 0) is 63.3 Å². The molecule has 202 valence electrons.